The molecule has 0 aliphatic heterocycles. The summed E-state index contributed by atoms with van der Waals surface area (Å²) in [5.74, 6) is -0.0498. The van der Waals surface area contributed by atoms with E-state index in [9.17, 15) is 13.2 Å². The summed E-state index contributed by atoms with van der Waals surface area (Å²) >= 11 is 0. The van der Waals surface area contributed by atoms with Crippen LogP contribution in [0.5, 0.6) is 0 Å². The first-order valence-corrected chi connectivity index (χ1v) is 4.04. The lowest BCUT2D eigenvalue weighted by Crippen LogP contribution is -2.47. The van der Waals surface area contributed by atoms with E-state index in [-0.39, 0.29) is 18.6 Å². The molecule has 0 amide bonds. The zero-order valence-electron chi connectivity index (χ0n) is 6.77. The molecule has 0 atom stereocenters. The van der Waals surface area contributed by atoms with E-state index in [1.54, 1.807) is 0 Å². The van der Waals surface area contributed by atoms with E-state index in [4.69, 9.17) is 0 Å². The first-order valence-electron chi connectivity index (χ1n) is 4.04. The van der Waals surface area contributed by atoms with E-state index >= 15 is 0 Å². The third kappa shape index (κ3) is 1.06. The Hall–Kier alpha value is -1.00. The highest BCUT2D eigenvalue weighted by Gasteiger charge is 2.61. The molecule has 5 heteroatoms. The van der Waals surface area contributed by atoms with Gasteiger partial charge in [-0.15, -0.1) is 0 Å². The number of aromatic nitrogens is 1. The zero-order valence-corrected chi connectivity index (χ0v) is 6.77. The highest BCUT2D eigenvalue weighted by atomic mass is 19.4. The second kappa shape index (κ2) is 2.49. The minimum absolute atomic E-state index is 0.0498. The number of halogens is 3. The molecule has 1 saturated carbocycles. The van der Waals surface area contributed by atoms with Crippen LogP contribution in [0.3, 0.4) is 0 Å². The van der Waals surface area contributed by atoms with Gasteiger partial charge in [0, 0.05) is 6.07 Å². The molecule has 0 radical (unpaired) electrons. The van der Waals surface area contributed by atoms with Crippen molar-refractivity contribution in [1.82, 2.24) is 5.16 Å². The fourth-order valence-electron chi connectivity index (χ4n) is 1.66. The summed E-state index contributed by atoms with van der Waals surface area (Å²) in [6.45, 7) is 0. The van der Waals surface area contributed by atoms with Gasteiger partial charge in [-0.05, 0) is 12.8 Å². The standard InChI is InChI=1S/C8H8F3NO/c9-8(10,11)7(3-1-4-7)6-2-5-12-13-6/h2,5H,1,3-4H2. The molecule has 0 aromatic carbocycles. The van der Waals surface area contributed by atoms with E-state index in [0.29, 0.717) is 6.42 Å². The molecule has 13 heavy (non-hydrogen) atoms. The molecule has 0 bridgehead atoms. The molecule has 1 aromatic heterocycles. The monoisotopic (exact) mass is 191 g/mol. The van der Waals surface area contributed by atoms with Crippen molar-refractivity contribution in [2.75, 3.05) is 0 Å². The Morgan fingerprint density at radius 1 is 1.38 bits per heavy atom. The molecule has 1 fully saturated rings. The molecule has 0 unspecified atom stereocenters. The lowest BCUT2D eigenvalue weighted by Gasteiger charge is -2.40. The van der Waals surface area contributed by atoms with Crippen LogP contribution >= 0.6 is 0 Å². The topological polar surface area (TPSA) is 26.0 Å². The van der Waals surface area contributed by atoms with Gasteiger partial charge in [0.15, 0.2) is 5.76 Å². The summed E-state index contributed by atoms with van der Waals surface area (Å²) in [6.07, 6.45) is -2.14. The maximum atomic E-state index is 12.6. The molecule has 1 aromatic rings. The number of nitrogens with zero attached hydrogens (tertiary/aromatic N) is 1. The van der Waals surface area contributed by atoms with Crippen molar-refractivity contribution < 1.29 is 17.7 Å². The lowest BCUT2D eigenvalue weighted by molar-refractivity contribution is -0.218. The number of alkyl halides is 3. The van der Waals surface area contributed by atoms with Crippen molar-refractivity contribution in [3.63, 3.8) is 0 Å². The van der Waals surface area contributed by atoms with E-state index in [1.807, 2.05) is 0 Å². The van der Waals surface area contributed by atoms with E-state index < -0.39 is 11.6 Å². The molecule has 1 aliphatic carbocycles. The van der Waals surface area contributed by atoms with Gasteiger partial charge in [-0.25, -0.2) is 0 Å². The lowest BCUT2D eigenvalue weighted by atomic mass is 9.66. The Morgan fingerprint density at radius 2 is 2.08 bits per heavy atom. The van der Waals surface area contributed by atoms with Crippen LogP contribution in [-0.4, -0.2) is 11.3 Å². The largest absolute Gasteiger partial charge is 0.401 e. The molecular formula is C8H8F3NO. The molecule has 0 spiro atoms. The number of hydrogen-bond donors (Lipinski definition) is 0. The Labute approximate surface area is 72.7 Å². The molecule has 1 aliphatic rings. The fraction of sp³-hybridized carbons (Fsp3) is 0.625. The first-order chi connectivity index (χ1) is 6.06. The van der Waals surface area contributed by atoms with Crippen LogP contribution in [0.2, 0.25) is 0 Å². The Bertz CT molecular complexity index is 287. The molecule has 72 valence electrons. The van der Waals surface area contributed by atoms with Crippen molar-refractivity contribution in [2.24, 2.45) is 0 Å². The summed E-state index contributed by atoms with van der Waals surface area (Å²) in [7, 11) is 0. The smallest absolute Gasteiger partial charge is 0.360 e. The summed E-state index contributed by atoms with van der Waals surface area (Å²) in [5, 5.41) is 3.31. The van der Waals surface area contributed by atoms with Crippen LogP contribution in [-0.2, 0) is 5.41 Å². The second-order valence-electron chi connectivity index (χ2n) is 3.31. The van der Waals surface area contributed by atoms with Gasteiger partial charge in [0.05, 0.1) is 6.20 Å². The van der Waals surface area contributed by atoms with Gasteiger partial charge in [0.1, 0.15) is 5.41 Å². The molecular weight excluding hydrogens is 183 g/mol. The second-order valence-corrected chi connectivity index (χ2v) is 3.31. The third-order valence-corrected chi connectivity index (χ3v) is 2.66. The van der Waals surface area contributed by atoms with Gasteiger partial charge >= 0.3 is 6.18 Å². The third-order valence-electron chi connectivity index (χ3n) is 2.66. The number of hydrogen-bond acceptors (Lipinski definition) is 2. The summed E-state index contributed by atoms with van der Waals surface area (Å²) < 4.78 is 42.5. The van der Waals surface area contributed by atoms with E-state index in [0.717, 1.165) is 0 Å². The molecule has 2 rings (SSSR count). The fourth-order valence-corrected chi connectivity index (χ4v) is 1.66. The first kappa shape index (κ1) is 8.59. The Kier molecular flexibility index (Phi) is 1.65. The Balaban J connectivity index is 2.37. The number of rotatable bonds is 1. The van der Waals surface area contributed by atoms with Crippen molar-refractivity contribution >= 4 is 0 Å². The van der Waals surface area contributed by atoms with Crippen LogP contribution in [0.1, 0.15) is 25.0 Å². The van der Waals surface area contributed by atoms with Gasteiger partial charge in [0.25, 0.3) is 0 Å². The Morgan fingerprint density at radius 3 is 2.38 bits per heavy atom. The zero-order chi connectivity index (χ0) is 9.53. The van der Waals surface area contributed by atoms with Gasteiger partial charge in [0.2, 0.25) is 0 Å². The summed E-state index contributed by atoms with van der Waals surface area (Å²) in [4.78, 5) is 0. The van der Waals surface area contributed by atoms with Crippen LogP contribution in [0.4, 0.5) is 13.2 Å². The van der Waals surface area contributed by atoms with Crippen LogP contribution in [0, 0.1) is 0 Å². The molecule has 1 heterocycles. The predicted octanol–water partition coefficient (Wildman–Crippen LogP) is 2.66. The minimum Gasteiger partial charge on any atom is -0.360 e. The van der Waals surface area contributed by atoms with Crippen molar-refractivity contribution in [2.45, 2.75) is 30.9 Å². The van der Waals surface area contributed by atoms with E-state index in [1.165, 1.54) is 12.3 Å². The predicted molar refractivity (Wildman–Crippen MR) is 38.1 cm³/mol. The molecule has 0 N–H and O–H groups in total. The van der Waals surface area contributed by atoms with Gasteiger partial charge in [-0.1, -0.05) is 11.6 Å². The van der Waals surface area contributed by atoms with Crippen LogP contribution in [0.25, 0.3) is 0 Å². The minimum atomic E-state index is -4.22. The maximum Gasteiger partial charge on any atom is 0.401 e. The van der Waals surface area contributed by atoms with E-state index in [2.05, 4.69) is 9.68 Å². The maximum absolute atomic E-state index is 12.6. The van der Waals surface area contributed by atoms with Crippen LogP contribution in [0.15, 0.2) is 16.8 Å². The average molecular weight is 191 g/mol. The SMILES string of the molecule is FC(F)(F)C1(c2ccno2)CCC1. The van der Waals surface area contributed by atoms with Crippen molar-refractivity contribution in [3.05, 3.63) is 18.0 Å². The molecule has 0 saturated heterocycles. The molecule has 2 nitrogen and oxygen atoms in total. The van der Waals surface area contributed by atoms with Crippen LogP contribution < -0.4 is 0 Å². The average Bonchev–Trinajstić information content (AvgIpc) is 2.32. The quantitative estimate of drug-likeness (QED) is 0.682. The van der Waals surface area contributed by atoms with Crippen molar-refractivity contribution in [3.8, 4) is 0 Å². The van der Waals surface area contributed by atoms with Gasteiger partial charge < -0.3 is 4.52 Å². The highest BCUT2D eigenvalue weighted by Crippen LogP contribution is 2.54. The van der Waals surface area contributed by atoms with Gasteiger partial charge in [-0.3, -0.25) is 0 Å². The summed E-state index contributed by atoms with van der Waals surface area (Å²) in [5.41, 5.74) is -1.75. The highest BCUT2D eigenvalue weighted by molar-refractivity contribution is 5.19. The van der Waals surface area contributed by atoms with Crippen molar-refractivity contribution in [1.29, 1.82) is 0 Å². The normalized spacial score (nSPS) is 21.2. The van der Waals surface area contributed by atoms with Gasteiger partial charge in [-0.2, -0.15) is 13.2 Å². The summed E-state index contributed by atoms with van der Waals surface area (Å²) in [6, 6.07) is 1.30.